The van der Waals surface area contributed by atoms with Crippen molar-refractivity contribution >= 4 is 16.5 Å². The lowest BCUT2D eigenvalue weighted by molar-refractivity contribution is 0.483. The Kier molecular flexibility index (Phi) is 2.71. The second kappa shape index (κ2) is 3.99. The van der Waals surface area contributed by atoms with Crippen LogP contribution in [0.5, 0.6) is 0 Å². The van der Waals surface area contributed by atoms with Crippen LogP contribution in [0, 0.1) is 12.3 Å². The number of fused-ring (bicyclic) bond motifs is 1. The van der Waals surface area contributed by atoms with Crippen LogP contribution in [-0.2, 0) is 12.8 Å². The van der Waals surface area contributed by atoms with Gasteiger partial charge in [-0.25, -0.2) is 4.98 Å². The van der Waals surface area contributed by atoms with E-state index in [1.54, 1.807) is 11.3 Å². The van der Waals surface area contributed by atoms with Crippen LogP contribution in [0.4, 0.5) is 5.13 Å². The molecule has 0 saturated carbocycles. The molecule has 0 spiro atoms. The zero-order valence-electron chi connectivity index (χ0n) is 7.92. The number of terminal acetylenes is 1. The average Bonchev–Trinajstić information content (AvgIpc) is 2.54. The summed E-state index contributed by atoms with van der Waals surface area (Å²) >= 11 is 1.60. The summed E-state index contributed by atoms with van der Waals surface area (Å²) in [6.07, 6.45) is 8.35. The number of nitrogens with two attached hydrogens (primary N) is 1. The molecule has 1 heterocycles. The van der Waals surface area contributed by atoms with Gasteiger partial charge in [0.1, 0.15) is 0 Å². The largest absolute Gasteiger partial charge is 0.375 e. The second-order valence-electron chi connectivity index (χ2n) is 3.45. The summed E-state index contributed by atoms with van der Waals surface area (Å²) in [7, 11) is 0. The Morgan fingerprint density at radius 2 is 2.57 bits per heavy atom. The number of nitrogen functional groups attached to an aromatic ring is 1. The summed E-state index contributed by atoms with van der Waals surface area (Å²) < 4.78 is 0. The van der Waals surface area contributed by atoms with Gasteiger partial charge in [-0.3, -0.25) is 0 Å². The van der Waals surface area contributed by atoms with E-state index in [0.29, 0.717) is 17.7 Å². The van der Waals surface area contributed by atoms with E-state index in [4.69, 9.17) is 12.2 Å². The average molecular weight is 207 g/mol. The number of aryl methyl sites for hydroxylation is 1. The first-order valence-corrected chi connectivity index (χ1v) is 5.52. The Hall–Kier alpha value is -1.05. The zero-order chi connectivity index (χ0) is 9.97. The van der Waals surface area contributed by atoms with Gasteiger partial charge in [0.15, 0.2) is 5.13 Å². The van der Waals surface area contributed by atoms with Crippen molar-refractivity contribution < 1.29 is 0 Å². The molecular formula is C10H13N3S. The highest BCUT2D eigenvalue weighted by molar-refractivity contribution is 7.15. The van der Waals surface area contributed by atoms with E-state index in [1.165, 1.54) is 10.6 Å². The van der Waals surface area contributed by atoms with Crippen LogP contribution in [0.1, 0.15) is 17.0 Å². The fourth-order valence-electron chi connectivity index (χ4n) is 1.77. The van der Waals surface area contributed by atoms with Gasteiger partial charge in [-0.1, -0.05) is 5.92 Å². The molecule has 1 aromatic heterocycles. The summed E-state index contributed by atoms with van der Waals surface area (Å²) in [4.78, 5) is 5.62. The van der Waals surface area contributed by atoms with Gasteiger partial charge < -0.3 is 11.1 Å². The van der Waals surface area contributed by atoms with Crippen LogP contribution in [0.3, 0.4) is 0 Å². The molecule has 0 radical (unpaired) electrons. The molecule has 2 rings (SSSR count). The Balaban J connectivity index is 2.02. The van der Waals surface area contributed by atoms with Gasteiger partial charge in [0.2, 0.25) is 0 Å². The molecule has 1 aromatic rings. The number of aromatic nitrogens is 1. The molecule has 1 atom stereocenters. The Labute approximate surface area is 87.7 Å². The van der Waals surface area contributed by atoms with Crippen LogP contribution in [0.25, 0.3) is 0 Å². The lowest BCUT2D eigenvalue weighted by Gasteiger charge is -2.21. The highest BCUT2D eigenvalue weighted by Gasteiger charge is 2.21. The van der Waals surface area contributed by atoms with Crippen molar-refractivity contribution in [1.29, 1.82) is 0 Å². The highest BCUT2D eigenvalue weighted by atomic mass is 32.1. The molecule has 14 heavy (non-hydrogen) atoms. The van der Waals surface area contributed by atoms with E-state index in [2.05, 4.69) is 16.2 Å². The second-order valence-corrected chi connectivity index (χ2v) is 4.56. The Morgan fingerprint density at radius 1 is 1.71 bits per heavy atom. The Bertz CT molecular complexity index is 364. The third kappa shape index (κ3) is 1.89. The van der Waals surface area contributed by atoms with Gasteiger partial charge in [0, 0.05) is 10.9 Å². The SMILES string of the molecule is C#CCN[C@H]1CCc2nc(N)sc2C1. The minimum absolute atomic E-state index is 0.499. The van der Waals surface area contributed by atoms with E-state index in [-0.39, 0.29) is 0 Å². The normalized spacial score (nSPS) is 20.1. The first-order chi connectivity index (χ1) is 6.79. The van der Waals surface area contributed by atoms with E-state index in [9.17, 15) is 0 Å². The standard InChI is InChI=1S/C10H13N3S/c1-2-5-12-7-3-4-8-9(6-7)14-10(11)13-8/h1,7,12H,3-6H2,(H2,11,13)/t7-/m0/s1. The van der Waals surface area contributed by atoms with Gasteiger partial charge in [-0.15, -0.1) is 17.8 Å². The predicted molar refractivity (Wildman–Crippen MR) is 59.2 cm³/mol. The van der Waals surface area contributed by atoms with Crippen molar-refractivity contribution in [2.45, 2.75) is 25.3 Å². The van der Waals surface area contributed by atoms with Gasteiger partial charge in [-0.2, -0.15) is 0 Å². The number of nitrogens with one attached hydrogen (secondary N) is 1. The van der Waals surface area contributed by atoms with Crippen molar-refractivity contribution in [2.75, 3.05) is 12.3 Å². The number of anilines is 1. The summed E-state index contributed by atoms with van der Waals surface area (Å²) in [5.41, 5.74) is 6.84. The molecule has 3 nitrogen and oxygen atoms in total. The van der Waals surface area contributed by atoms with Crippen LogP contribution >= 0.6 is 11.3 Å². The topological polar surface area (TPSA) is 50.9 Å². The molecule has 74 valence electrons. The van der Waals surface area contributed by atoms with Gasteiger partial charge in [0.25, 0.3) is 0 Å². The molecular weight excluding hydrogens is 194 g/mol. The van der Waals surface area contributed by atoms with E-state index >= 15 is 0 Å². The molecule has 3 N–H and O–H groups in total. The van der Waals surface area contributed by atoms with Gasteiger partial charge in [-0.05, 0) is 19.3 Å². The van der Waals surface area contributed by atoms with E-state index in [0.717, 1.165) is 19.3 Å². The number of rotatable bonds is 2. The Morgan fingerprint density at radius 3 is 3.36 bits per heavy atom. The first-order valence-electron chi connectivity index (χ1n) is 4.70. The lowest BCUT2D eigenvalue weighted by atomic mass is 9.98. The quantitative estimate of drug-likeness (QED) is 0.705. The van der Waals surface area contributed by atoms with Gasteiger partial charge in [0.05, 0.1) is 12.2 Å². The van der Waals surface area contributed by atoms with Crippen LogP contribution in [0.2, 0.25) is 0 Å². The smallest absolute Gasteiger partial charge is 0.180 e. The molecule has 0 aromatic carbocycles. The van der Waals surface area contributed by atoms with Gasteiger partial charge >= 0.3 is 0 Å². The van der Waals surface area contributed by atoms with Crippen LogP contribution < -0.4 is 11.1 Å². The summed E-state index contributed by atoms with van der Waals surface area (Å²) in [5, 5.41) is 4.01. The summed E-state index contributed by atoms with van der Waals surface area (Å²) in [6.45, 7) is 0.647. The summed E-state index contributed by atoms with van der Waals surface area (Å²) in [6, 6.07) is 0.499. The number of thiazole rings is 1. The van der Waals surface area contributed by atoms with Crippen LogP contribution in [0.15, 0.2) is 0 Å². The number of nitrogens with zero attached hydrogens (tertiary/aromatic N) is 1. The monoisotopic (exact) mass is 207 g/mol. The summed E-state index contributed by atoms with van der Waals surface area (Å²) in [5.74, 6) is 2.60. The fraction of sp³-hybridized carbons (Fsp3) is 0.500. The lowest BCUT2D eigenvalue weighted by Crippen LogP contribution is -2.34. The van der Waals surface area contributed by atoms with Crippen molar-refractivity contribution in [3.05, 3.63) is 10.6 Å². The third-order valence-electron chi connectivity index (χ3n) is 2.45. The predicted octanol–water partition coefficient (Wildman–Crippen LogP) is 0.805. The van der Waals surface area contributed by atoms with Crippen LogP contribution in [-0.4, -0.2) is 17.6 Å². The van der Waals surface area contributed by atoms with E-state index in [1.807, 2.05) is 0 Å². The first kappa shape index (κ1) is 9.50. The number of hydrogen-bond donors (Lipinski definition) is 2. The molecule has 0 fully saturated rings. The molecule has 0 amide bonds. The minimum Gasteiger partial charge on any atom is -0.375 e. The highest BCUT2D eigenvalue weighted by Crippen LogP contribution is 2.27. The maximum absolute atomic E-state index is 5.66. The molecule has 4 heteroatoms. The van der Waals surface area contributed by atoms with E-state index < -0.39 is 0 Å². The van der Waals surface area contributed by atoms with Crippen molar-refractivity contribution in [3.8, 4) is 12.3 Å². The third-order valence-corrected chi connectivity index (χ3v) is 3.40. The molecule has 0 bridgehead atoms. The van der Waals surface area contributed by atoms with Crippen molar-refractivity contribution in [2.24, 2.45) is 0 Å². The molecule has 0 saturated heterocycles. The van der Waals surface area contributed by atoms with Crippen molar-refractivity contribution in [3.63, 3.8) is 0 Å². The molecule has 0 aliphatic heterocycles. The van der Waals surface area contributed by atoms with Crippen molar-refractivity contribution in [1.82, 2.24) is 10.3 Å². The fourth-order valence-corrected chi connectivity index (χ4v) is 2.73. The molecule has 0 unspecified atom stereocenters. The maximum atomic E-state index is 5.66. The molecule has 1 aliphatic rings. The number of hydrogen-bond acceptors (Lipinski definition) is 4. The zero-order valence-corrected chi connectivity index (χ0v) is 8.73. The minimum atomic E-state index is 0.499. The maximum Gasteiger partial charge on any atom is 0.180 e. The molecule has 1 aliphatic carbocycles.